The predicted molar refractivity (Wildman–Crippen MR) is 72.6 cm³/mol. The molecule has 2 aromatic rings. The quantitative estimate of drug-likeness (QED) is 0.894. The summed E-state index contributed by atoms with van der Waals surface area (Å²) in [6.07, 6.45) is 4.50. The van der Waals surface area contributed by atoms with Gasteiger partial charge in [-0.2, -0.15) is 4.98 Å². The van der Waals surface area contributed by atoms with Gasteiger partial charge in [-0.3, -0.25) is 0 Å². The van der Waals surface area contributed by atoms with E-state index >= 15 is 0 Å². The molecule has 19 heavy (non-hydrogen) atoms. The van der Waals surface area contributed by atoms with Crippen LogP contribution in [-0.2, 0) is 13.0 Å². The highest BCUT2D eigenvalue weighted by Crippen LogP contribution is 2.31. The number of hydrogen-bond donors (Lipinski definition) is 1. The number of nitrogens with one attached hydrogen (secondary N) is 1. The van der Waals surface area contributed by atoms with Crippen molar-refractivity contribution in [2.45, 2.75) is 44.7 Å². The molecule has 1 heterocycles. The molecule has 1 saturated carbocycles. The summed E-state index contributed by atoms with van der Waals surface area (Å²) in [6.45, 7) is 2.91. The van der Waals surface area contributed by atoms with Gasteiger partial charge in [0.25, 0.3) is 0 Å². The Balaban J connectivity index is 1.57. The predicted octanol–water partition coefficient (Wildman–Crippen LogP) is 2.69. The summed E-state index contributed by atoms with van der Waals surface area (Å²) in [5.41, 5.74) is 1.47. The smallest absolute Gasteiger partial charge is 0.240 e. The Kier molecular flexibility index (Phi) is 3.34. The van der Waals surface area contributed by atoms with Crippen LogP contribution in [0.1, 0.15) is 43.5 Å². The molecule has 0 saturated heterocycles. The number of hydrogen-bond acceptors (Lipinski definition) is 4. The average Bonchev–Trinajstić information content (AvgIpc) is 2.83. The lowest BCUT2D eigenvalue weighted by atomic mass is 9.78. The lowest BCUT2D eigenvalue weighted by molar-refractivity contribution is 0.196. The summed E-state index contributed by atoms with van der Waals surface area (Å²) >= 11 is 0. The molecule has 100 valence electrons. The summed E-state index contributed by atoms with van der Waals surface area (Å²) in [5.74, 6) is 1.43. The van der Waals surface area contributed by atoms with Crippen LogP contribution in [0.2, 0.25) is 0 Å². The summed E-state index contributed by atoms with van der Waals surface area (Å²) in [6, 6.07) is 10.2. The first-order valence-electron chi connectivity index (χ1n) is 6.84. The van der Waals surface area contributed by atoms with Crippen LogP contribution in [0.15, 0.2) is 34.9 Å². The third kappa shape index (κ3) is 3.01. The van der Waals surface area contributed by atoms with E-state index in [0.717, 1.165) is 12.2 Å². The van der Waals surface area contributed by atoms with Crippen molar-refractivity contribution in [2.75, 3.05) is 0 Å². The van der Waals surface area contributed by atoms with Gasteiger partial charge in [-0.25, -0.2) is 0 Å². The van der Waals surface area contributed by atoms with Crippen LogP contribution < -0.4 is 5.32 Å². The third-order valence-electron chi connectivity index (χ3n) is 3.84. The van der Waals surface area contributed by atoms with Crippen LogP contribution in [0.5, 0.6) is 0 Å². The van der Waals surface area contributed by atoms with Crippen LogP contribution in [0, 0.1) is 0 Å². The minimum Gasteiger partial charge on any atom is -0.338 e. The van der Waals surface area contributed by atoms with Crippen molar-refractivity contribution in [3.05, 3.63) is 47.6 Å². The van der Waals surface area contributed by atoms with Gasteiger partial charge >= 0.3 is 0 Å². The second-order valence-corrected chi connectivity index (χ2v) is 5.53. The Bertz CT molecular complexity index is 531. The molecule has 1 aromatic heterocycles. The van der Waals surface area contributed by atoms with Crippen LogP contribution in [0.4, 0.5) is 0 Å². The molecule has 3 rings (SSSR count). The van der Waals surface area contributed by atoms with Gasteiger partial charge in [0.15, 0.2) is 5.82 Å². The first kappa shape index (κ1) is 12.4. The highest BCUT2D eigenvalue weighted by Gasteiger charge is 2.31. The summed E-state index contributed by atoms with van der Waals surface area (Å²) in [5, 5.41) is 7.52. The van der Waals surface area contributed by atoms with E-state index < -0.39 is 0 Å². The lowest BCUT2D eigenvalue weighted by Crippen LogP contribution is -2.47. The molecule has 4 nitrogen and oxygen atoms in total. The number of benzene rings is 1. The summed E-state index contributed by atoms with van der Waals surface area (Å²) in [4.78, 5) is 4.43. The molecule has 1 N–H and O–H groups in total. The molecule has 0 spiro atoms. The molecule has 1 fully saturated rings. The van der Waals surface area contributed by atoms with E-state index in [9.17, 15) is 0 Å². The highest BCUT2D eigenvalue weighted by molar-refractivity contribution is 5.18. The average molecular weight is 257 g/mol. The van der Waals surface area contributed by atoms with Crippen molar-refractivity contribution in [3.8, 4) is 0 Å². The fourth-order valence-electron chi connectivity index (χ4n) is 2.39. The molecule has 0 bridgehead atoms. The monoisotopic (exact) mass is 257 g/mol. The van der Waals surface area contributed by atoms with Crippen LogP contribution in [0.25, 0.3) is 0 Å². The zero-order valence-corrected chi connectivity index (χ0v) is 11.2. The molecule has 1 aliphatic carbocycles. The Morgan fingerprint density at radius 1 is 1.26 bits per heavy atom. The van der Waals surface area contributed by atoms with E-state index in [2.05, 4.69) is 34.5 Å². The van der Waals surface area contributed by atoms with E-state index in [0.29, 0.717) is 12.4 Å². The Morgan fingerprint density at radius 2 is 2.05 bits per heavy atom. The molecule has 0 radical (unpaired) electrons. The molecule has 4 heteroatoms. The molecule has 0 unspecified atom stereocenters. The summed E-state index contributed by atoms with van der Waals surface area (Å²) < 4.78 is 5.28. The van der Waals surface area contributed by atoms with Crippen molar-refractivity contribution in [1.29, 1.82) is 0 Å². The molecule has 0 aliphatic heterocycles. The molecular weight excluding hydrogens is 238 g/mol. The highest BCUT2D eigenvalue weighted by atomic mass is 16.5. The fourth-order valence-corrected chi connectivity index (χ4v) is 2.39. The minimum atomic E-state index is 0.272. The molecular formula is C15H19N3O. The van der Waals surface area contributed by atoms with Gasteiger partial charge in [0, 0.05) is 12.0 Å². The first-order chi connectivity index (χ1) is 9.23. The van der Waals surface area contributed by atoms with E-state index in [4.69, 9.17) is 4.52 Å². The van der Waals surface area contributed by atoms with E-state index in [1.165, 1.54) is 24.8 Å². The van der Waals surface area contributed by atoms with Gasteiger partial charge < -0.3 is 9.84 Å². The van der Waals surface area contributed by atoms with Crippen LogP contribution in [-0.4, -0.2) is 15.7 Å². The SMILES string of the molecule is CC1(NCc2nc(Cc3ccccc3)no2)CCC1. The second-order valence-electron chi connectivity index (χ2n) is 5.53. The number of nitrogens with zero attached hydrogens (tertiary/aromatic N) is 2. The zero-order chi connectivity index (χ0) is 13.1. The van der Waals surface area contributed by atoms with Crippen molar-refractivity contribution in [1.82, 2.24) is 15.5 Å². The van der Waals surface area contributed by atoms with Gasteiger partial charge in [0.1, 0.15) is 0 Å². The van der Waals surface area contributed by atoms with Gasteiger partial charge in [-0.15, -0.1) is 0 Å². The normalized spacial score (nSPS) is 17.1. The standard InChI is InChI=1S/C15H19N3O/c1-15(8-5-9-15)16-11-14-17-13(18-19-14)10-12-6-3-2-4-7-12/h2-4,6-7,16H,5,8-11H2,1H3. The minimum absolute atomic E-state index is 0.272. The Hall–Kier alpha value is -1.68. The molecule has 1 aliphatic rings. The van der Waals surface area contributed by atoms with Gasteiger partial charge in [0.2, 0.25) is 5.89 Å². The Labute approximate surface area is 113 Å². The van der Waals surface area contributed by atoms with Crippen molar-refractivity contribution < 1.29 is 4.52 Å². The lowest BCUT2D eigenvalue weighted by Gasteiger charge is -2.39. The van der Waals surface area contributed by atoms with Crippen LogP contribution in [0.3, 0.4) is 0 Å². The first-order valence-corrected chi connectivity index (χ1v) is 6.84. The zero-order valence-electron chi connectivity index (χ0n) is 11.2. The second kappa shape index (κ2) is 5.13. The molecule has 0 atom stereocenters. The number of rotatable bonds is 5. The van der Waals surface area contributed by atoms with Crippen molar-refractivity contribution >= 4 is 0 Å². The third-order valence-corrected chi connectivity index (χ3v) is 3.84. The Morgan fingerprint density at radius 3 is 2.74 bits per heavy atom. The van der Waals surface area contributed by atoms with Crippen molar-refractivity contribution in [3.63, 3.8) is 0 Å². The van der Waals surface area contributed by atoms with Crippen LogP contribution >= 0.6 is 0 Å². The molecule has 1 aromatic carbocycles. The van der Waals surface area contributed by atoms with Gasteiger partial charge in [0.05, 0.1) is 6.54 Å². The maximum Gasteiger partial charge on any atom is 0.240 e. The molecule has 0 amide bonds. The van der Waals surface area contributed by atoms with Gasteiger partial charge in [-0.1, -0.05) is 35.5 Å². The number of aromatic nitrogens is 2. The van der Waals surface area contributed by atoms with Crippen molar-refractivity contribution in [2.24, 2.45) is 0 Å². The maximum absolute atomic E-state index is 5.28. The van der Waals surface area contributed by atoms with E-state index in [1.807, 2.05) is 18.2 Å². The van der Waals surface area contributed by atoms with Gasteiger partial charge in [-0.05, 0) is 31.7 Å². The fraction of sp³-hybridized carbons (Fsp3) is 0.467. The van der Waals surface area contributed by atoms with E-state index in [1.54, 1.807) is 0 Å². The maximum atomic E-state index is 5.28. The largest absolute Gasteiger partial charge is 0.338 e. The topological polar surface area (TPSA) is 51.0 Å². The van der Waals surface area contributed by atoms with E-state index in [-0.39, 0.29) is 5.54 Å². The summed E-state index contributed by atoms with van der Waals surface area (Å²) in [7, 11) is 0.